The highest BCUT2D eigenvalue weighted by molar-refractivity contribution is 14.0. The molecule has 0 bridgehead atoms. The molecule has 9 heteroatoms. The van der Waals surface area contributed by atoms with Crippen molar-refractivity contribution in [2.24, 2.45) is 4.99 Å². The number of ether oxygens (including phenoxy) is 1. The molecule has 152 valence electrons. The van der Waals surface area contributed by atoms with Crippen LogP contribution in [0.15, 0.2) is 33.7 Å². The molecule has 27 heavy (non-hydrogen) atoms. The molecule has 7 nitrogen and oxygen atoms in total. The molecule has 2 N–H and O–H groups in total. The van der Waals surface area contributed by atoms with Gasteiger partial charge in [-0.3, -0.25) is 14.7 Å². The molecule has 1 heterocycles. The molecular formula is C18H29BrIN5O2. The Morgan fingerprint density at radius 3 is 2.44 bits per heavy atom. The van der Waals surface area contributed by atoms with Crippen molar-refractivity contribution in [1.29, 1.82) is 0 Å². The molecule has 1 amide bonds. The van der Waals surface area contributed by atoms with Crippen LogP contribution in [0.2, 0.25) is 0 Å². The third-order valence-corrected chi connectivity index (χ3v) is 4.77. The number of carbonyl (C=O) groups is 1. The molecule has 1 fully saturated rings. The maximum absolute atomic E-state index is 11.9. The zero-order valence-corrected chi connectivity index (χ0v) is 19.8. The normalized spacial score (nSPS) is 15.2. The first kappa shape index (κ1) is 24.1. The minimum atomic E-state index is 0. The zero-order valence-electron chi connectivity index (χ0n) is 15.9. The smallest absolute Gasteiger partial charge is 0.234 e. The van der Waals surface area contributed by atoms with E-state index in [0.29, 0.717) is 19.7 Å². The molecular weight excluding hydrogens is 525 g/mol. The number of piperazine rings is 1. The number of halogens is 2. The summed E-state index contributed by atoms with van der Waals surface area (Å²) in [7, 11) is 3.43. The maximum atomic E-state index is 11.9. The van der Waals surface area contributed by atoms with E-state index >= 15 is 0 Å². The molecule has 2 rings (SSSR count). The monoisotopic (exact) mass is 553 g/mol. The summed E-state index contributed by atoms with van der Waals surface area (Å²) in [5.74, 6) is 0.949. The van der Waals surface area contributed by atoms with E-state index in [0.717, 1.165) is 43.2 Å². The van der Waals surface area contributed by atoms with Crippen molar-refractivity contribution in [3.05, 3.63) is 34.3 Å². The van der Waals surface area contributed by atoms with Gasteiger partial charge in [-0.25, -0.2) is 0 Å². The molecule has 0 radical (unpaired) electrons. The molecule has 1 aliphatic heterocycles. The second kappa shape index (κ2) is 13.3. The Kier molecular flexibility index (Phi) is 11.9. The van der Waals surface area contributed by atoms with Crippen LogP contribution >= 0.6 is 39.9 Å². The number of carbonyl (C=O) groups excluding carboxylic acids is 1. The van der Waals surface area contributed by atoms with Gasteiger partial charge in [0, 0.05) is 57.9 Å². The average Bonchev–Trinajstić information content (AvgIpc) is 2.65. The van der Waals surface area contributed by atoms with E-state index in [9.17, 15) is 4.79 Å². The lowest BCUT2D eigenvalue weighted by Gasteiger charge is -2.36. The lowest BCUT2D eigenvalue weighted by molar-refractivity contribution is -0.122. The van der Waals surface area contributed by atoms with Crippen molar-refractivity contribution in [2.75, 3.05) is 60.0 Å². The molecule has 0 aliphatic carbocycles. The molecule has 0 aromatic heterocycles. The van der Waals surface area contributed by atoms with Gasteiger partial charge in [0.25, 0.3) is 0 Å². The van der Waals surface area contributed by atoms with Crippen molar-refractivity contribution in [3.63, 3.8) is 0 Å². The SMILES string of the molecule is CN=C(NCc1ccc(Br)cc1)N1CCN(CC(=O)NCCOC)CC1.I. The Hall–Kier alpha value is -0.910. The number of benzene rings is 1. The number of rotatable bonds is 7. The van der Waals surface area contributed by atoms with Crippen LogP contribution in [-0.4, -0.2) is 81.7 Å². The van der Waals surface area contributed by atoms with E-state index in [-0.39, 0.29) is 29.9 Å². The summed E-state index contributed by atoms with van der Waals surface area (Å²) < 4.78 is 6.02. The molecule has 1 aliphatic rings. The summed E-state index contributed by atoms with van der Waals surface area (Å²) in [4.78, 5) is 20.7. The summed E-state index contributed by atoms with van der Waals surface area (Å²) in [6, 6.07) is 8.25. The molecule has 0 spiro atoms. The van der Waals surface area contributed by atoms with E-state index < -0.39 is 0 Å². The lowest BCUT2D eigenvalue weighted by Crippen LogP contribution is -2.54. The summed E-state index contributed by atoms with van der Waals surface area (Å²) in [6.07, 6.45) is 0. The van der Waals surface area contributed by atoms with Gasteiger partial charge in [-0.15, -0.1) is 24.0 Å². The molecule has 1 aromatic carbocycles. The molecule has 1 aromatic rings. The third kappa shape index (κ3) is 8.75. The van der Waals surface area contributed by atoms with Crippen molar-refractivity contribution >= 4 is 51.8 Å². The van der Waals surface area contributed by atoms with Gasteiger partial charge in [-0.2, -0.15) is 0 Å². The van der Waals surface area contributed by atoms with Gasteiger partial charge in [0.2, 0.25) is 5.91 Å². The Bertz CT molecular complexity index is 592. The van der Waals surface area contributed by atoms with Gasteiger partial charge in [0.15, 0.2) is 5.96 Å². The van der Waals surface area contributed by atoms with E-state index in [1.54, 1.807) is 14.2 Å². The Morgan fingerprint density at radius 1 is 1.19 bits per heavy atom. The van der Waals surface area contributed by atoms with Crippen LogP contribution in [0, 0.1) is 0 Å². The van der Waals surface area contributed by atoms with Crippen molar-refractivity contribution < 1.29 is 9.53 Å². The first-order valence-corrected chi connectivity index (χ1v) is 9.59. The van der Waals surface area contributed by atoms with Gasteiger partial charge >= 0.3 is 0 Å². The molecule has 0 unspecified atom stereocenters. The van der Waals surface area contributed by atoms with E-state index in [1.807, 2.05) is 12.1 Å². The Balaban J connectivity index is 0.00000364. The van der Waals surface area contributed by atoms with Gasteiger partial charge in [0.1, 0.15) is 0 Å². The van der Waals surface area contributed by atoms with Crippen molar-refractivity contribution in [2.45, 2.75) is 6.54 Å². The number of hydrogen-bond donors (Lipinski definition) is 2. The second-order valence-corrected chi connectivity index (χ2v) is 7.05. The Labute approximate surface area is 187 Å². The van der Waals surface area contributed by atoms with Crippen molar-refractivity contribution in [1.82, 2.24) is 20.4 Å². The van der Waals surface area contributed by atoms with Crippen LogP contribution in [0.5, 0.6) is 0 Å². The lowest BCUT2D eigenvalue weighted by atomic mass is 10.2. The predicted molar refractivity (Wildman–Crippen MR) is 123 cm³/mol. The van der Waals surface area contributed by atoms with Crippen LogP contribution < -0.4 is 10.6 Å². The van der Waals surface area contributed by atoms with Crippen LogP contribution in [0.25, 0.3) is 0 Å². The van der Waals surface area contributed by atoms with E-state index in [2.05, 4.69) is 53.5 Å². The summed E-state index contributed by atoms with van der Waals surface area (Å²) in [6.45, 7) is 5.66. The number of nitrogens with zero attached hydrogens (tertiary/aromatic N) is 3. The fourth-order valence-corrected chi connectivity index (χ4v) is 3.05. The minimum Gasteiger partial charge on any atom is -0.383 e. The zero-order chi connectivity index (χ0) is 18.8. The molecule has 0 saturated carbocycles. The van der Waals surface area contributed by atoms with Gasteiger partial charge < -0.3 is 20.3 Å². The van der Waals surface area contributed by atoms with E-state index in [1.165, 1.54) is 5.56 Å². The quantitative estimate of drug-likeness (QED) is 0.232. The number of methoxy groups -OCH3 is 1. The number of guanidine groups is 1. The fraction of sp³-hybridized carbons (Fsp3) is 0.556. The van der Waals surface area contributed by atoms with Crippen LogP contribution in [0.1, 0.15) is 5.56 Å². The summed E-state index contributed by atoms with van der Waals surface area (Å²) in [5.41, 5.74) is 1.21. The highest BCUT2D eigenvalue weighted by Gasteiger charge is 2.20. The standard InChI is InChI=1S/C18H28BrN5O2.HI/c1-20-18(22-13-15-3-5-16(19)6-4-15)24-10-8-23(9-11-24)14-17(25)21-7-12-26-2;/h3-6H,7-14H2,1-2H3,(H,20,22)(H,21,25);1H. The third-order valence-electron chi connectivity index (χ3n) is 4.24. The topological polar surface area (TPSA) is 69.2 Å². The number of amides is 1. The largest absolute Gasteiger partial charge is 0.383 e. The van der Waals surface area contributed by atoms with Crippen molar-refractivity contribution in [3.8, 4) is 0 Å². The van der Waals surface area contributed by atoms with Crippen LogP contribution in [0.3, 0.4) is 0 Å². The number of hydrogen-bond acceptors (Lipinski definition) is 4. The minimum absolute atomic E-state index is 0. The van der Waals surface area contributed by atoms with Crippen LogP contribution in [-0.2, 0) is 16.1 Å². The van der Waals surface area contributed by atoms with Crippen LogP contribution in [0.4, 0.5) is 0 Å². The number of aliphatic imine (C=N–C) groups is 1. The first-order chi connectivity index (χ1) is 12.6. The molecule has 0 atom stereocenters. The van der Waals surface area contributed by atoms with E-state index in [4.69, 9.17) is 4.74 Å². The van der Waals surface area contributed by atoms with Gasteiger partial charge in [0.05, 0.1) is 13.2 Å². The summed E-state index contributed by atoms with van der Waals surface area (Å²) >= 11 is 3.45. The Morgan fingerprint density at radius 2 is 1.85 bits per heavy atom. The summed E-state index contributed by atoms with van der Waals surface area (Å²) in [5, 5.41) is 6.27. The first-order valence-electron chi connectivity index (χ1n) is 8.80. The number of nitrogens with one attached hydrogen (secondary N) is 2. The van der Waals surface area contributed by atoms with Gasteiger partial charge in [-0.1, -0.05) is 28.1 Å². The highest BCUT2D eigenvalue weighted by Crippen LogP contribution is 2.10. The second-order valence-electron chi connectivity index (χ2n) is 6.13. The highest BCUT2D eigenvalue weighted by atomic mass is 127. The average molecular weight is 554 g/mol. The molecule has 1 saturated heterocycles. The maximum Gasteiger partial charge on any atom is 0.234 e. The van der Waals surface area contributed by atoms with Gasteiger partial charge in [-0.05, 0) is 17.7 Å². The fourth-order valence-electron chi connectivity index (χ4n) is 2.78. The predicted octanol–water partition coefficient (Wildman–Crippen LogP) is 1.52.